The highest BCUT2D eigenvalue weighted by Gasteiger charge is 1.96. The smallest absolute Gasteiger partial charge is 0.389 e. The first-order valence-corrected chi connectivity index (χ1v) is 2.02. The summed E-state index contributed by atoms with van der Waals surface area (Å²) in [5.74, 6) is 0. The van der Waals surface area contributed by atoms with Crippen LogP contribution < -0.4 is 5.32 Å². The summed E-state index contributed by atoms with van der Waals surface area (Å²) >= 11 is 0. The minimum absolute atomic E-state index is 0.0556. The molecule has 42 valence electrons. The third kappa shape index (κ3) is 2.17. The zero-order valence-corrected chi connectivity index (χ0v) is 4.64. The summed E-state index contributed by atoms with van der Waals surface area (Å²) in [6, 6.07) is -0.0556. The van der Waals surface area contributed by atoms with E-state index in [9.17, 15) is 4.79 Å². The van der Waals surface area contributed by atoms with Crippen LogP contribution in [0.3, 0.4) is 0 Å². The van der Waals surface area contributed by atoms with Gasteiger partial charge in [-0.05, 0) is 0 Å². The van der Waals surface area contributed by atoms with Crippen LogP contribution in [-0.4, -0.2) is 25.0 Å². The first-order chi connectivity index (χ1) is 3.18. The Kier molecular flexibility index (Phi) is 2.37. The van der Waals surface area contributed by atoms with Crippen molar-refractivity contribution >= 4 is 6.03 Å². The first kappa shape index (κ1) is 6.43. The Morgan fingerprint density at radius 2 is 2.14 bits per heavy atom. The molecular formula is C4H10N2O. The molecule has 0 aromatic heterocycles. The zero-order chi connectivity index (χ0) is 5.86. The average molecular weight is 102 g/mol. The largest absolute Gasteiger partial charge is 0.395 e. The third-order valence-corrected chi connectivity index (χ3v) is 0.615. The third-order valence-electron chi connectivity index (χ3n) is 0.615. The Labute approximate surface area is 43.3 Å². The lowest BCUT2D eigenvalue weighted by molar-refractivity contribution is -0.496. The van der Waals surface area contributed by atoms with E-state index < -0.39 is 0 Å². The molecular weight excluding hydrogens is 92.1 g/mol. The fourth-order valence-corrected chi connectivity index (χ4v) is 0.183. The number of amides is 2. The first-order valence-electron chi connectivity index (χ1n) is 2.02. The van der Waals surface area contributed by atoms with Crippen molar-refractivity contribution in [2.75, 3.05) is 14.1 Å². The Morgan fingerprint density at radius 3 is 2.14 bits per heavy atom. The normalized spacial score (nSPS) is 8.43. The van der Waals surface area contributed by atoms with Crippen LogP contribution in [0, 0.1) is 7.05 Å². The van der Waals surface area contributed by atoms with Crippen LogP contribution in [0.1, 0.15) is 0 Å². The predicted octanol–water partition coefficient (Wildman–Crippen LogP) is -0.977. The minimum atomic E-state index is -0.0556. The van der Waals surface area contributed by atoms with E-state index in [1.54, 1.807) is 14.1 Å². The molecule has 0 aliphatic carbocycles. The van der Waals surface area contributed by atoms with Crippen LogP contribution in [0.2, 0.25) is 0 Å². The van der Waals surface area contributed by atoms with Gasteiger partial charge in [-0.25, -0.2) is 4.79 Å². The Morgan fingerprint density at radius 1 is 1.71 bits per heavy atom. The van der Waals surface area contributed by atoms with Gasteiger partial charge in [-0.1, -0.05) is 0 Å². The van der Waals surface area contributed by atoms with Gasteiger partial charge in [0, 0.05) is 14.1 Å². The lowest BCUT2D eigenvalue weighted by Gasteiger charge is -2.05. The van der Waals surface area contributed by atoms with Gasteiger partial charge in [0.25, 0.3) is 0 Å². The van der Waals surface area contributed by atoms with Crippen molar-refractivity contribution in [3.63, 3.8) is 0 Å². The zero-order valence-electron chi connectivity index (χ0n) is 4.64. The van der Waals surface area contributed by atoms with Gasteiger partial charge < -0.3 is 10.2 Å². The summed E-state index contributed by atoms with van der Waals surface area (Å²) in [4.78, 5) is 11.8. The minimum Gasteiger partial charge on any atom is -0.395 e. The summed E-state index contributed by atoms with van der Waals surface area (Å²) in [6.45, 7) is 0. The van der Waals surface area contributed by atoms with E-state index in [0.717, 1.165) is 0 Å². The van der Waals surface area contributed by atoms with Crippen LogP contribution >= 0.6 is 0 Å². The van der Waals surface area contributed by atoms with E-state index in [-0.39, 0.29) is 6.03 Å². The Bertz CT molecular complexity index is 70.1. The van der Waals surface area contributed by atoms with Gasteiger partial charge in [-0.15, -0.1) is 7.05 Å². The molecule has 0 saturated carbocycles. The molecule has 0 spiro atoms. The summed E-state index contributed by atoms with van der Waals surface area (Å²) in [7, 11) is 6.66. The van der Waals surface area contributed by atoms with E-state index >= 15 is 0 Å². The molecule has 7 heavy (non-hydrogen) atoms. The highest BCUT2D eigenvalue weighted by molar-refractivity contribution is 5.62. The van der Waals surface area contributed by atoms with Crippen molar-refractivity contribution < 1.29 is 10.1 Å². The molecule has 0 fully saturated rings. The molecule has 3 heteroatoms. The molecule has 0 aliphatic rings. The number of nitrogens with two attached hydrogens (primary N) is 1. The second-order valence-electron chi connectivity index (χ2n) is 1.44. The quantitative estimate of drug-likeness (QED) is 0.392. The summed E-state index contributed by atoms with van der Waals surface area (Å²) in [5.41, 5.74) is 0. The molecule has 0 aromatic carbocycles. The molecule has 0 heterocycles. The maximum atomic E-state index is 10.3. The van der Waals surface area contributed by atoms with Crippen molar-refractivity contribution in [3.05, 3.63) is 7.05 Å². The molecule has 0 rings (SSSR count). The molecule has 0 radical (unpaired) electrons. The molecule has 0 saturated heterocycles. The molecule has 0 aromatic rings. The number of nitrogens with zero attached hydrogens (tertiary/aromatic N) is 1. The van der Waals surface area contributed by atoms with Gasteiger partial charge >= 0.3 is 6.03 Å². The van der Waals surface area contributed by atoms with Gasteiger partial charge in [-0.2, -0.15) is 0 Å². The Balaban J connectivity index is 3.35. The van der Waals surface area contributed by atoms with Gasteiger partial charge in [0.15, 0.2) is 0 Å². The monoisotopic (exact) mass is 102 g/mol. The number of hydrogen-bond acceptors (Lipinski definition) is 1. The van der Waals surface area contributed by atoms with Crippen LogP contribution in [0.4, 0.5) is 4.79 Å². The topological polar surface area (TPSA) is 36.9 Å². The number of hydrogen-bond donors (Lipinski definition) is 1. The van der Waals surface area contributed by atoms with Gasteiger partial charge in [0.2, 0.25) is 0 Å². The van der Waals surface area contributed by atoms with Crippen molar-refractivity contribution in [3.8, 4) is 0 Å². The Hall–Kier alpha value is -0.570. The van der Waals surface area contributed by atoms with E-state index in [2.05, 4.69) is 7.05 Å². The number of quaternary nitrogens is 1. The standard InChI is InChI=1S/C4H10N2O/c1-5-4(7)6(2)3/h1,5H2,2-3H3. The fraction of sp³-hybridized carbons (Fsp3) is 0.500. The fourth-order valence-electron chi connectivity index (χ4n) is 0.183. The summed E-state index contributed by atoms with van der Waals surface area (Å²) in [6.07, 6.45) is 0. The number of carbonyl (C=O) groups is 1. The molecule has 2 amide bonds. The molecule has 0 atom stereocenters. The molecule has 0 bridgehead atoms. The lowest BCUT2D eigenvalue weighted by Crippen LogP contribution is -2.84. The molecule has 3 nitrogen and oxygen atoms in total. The van der Waals surface area contributed by atoms with Crippen LogP contribution in [0.5, 0.6) is 0 Å². The number of rotatable bonds is 0. The van der Waals surface area contributed by atoms with Crippen molar-refractivity contribution in [2.24, 2.45) is 0 Å². The summed E-state index contributed by atoms with van der Waals surface area (Å²) in [5, 5.41) is 1.28. The van der Waals surface area contributed by atoms with Crippen LogP contribution in [-0.2, 0) is 0 Å². The van der Waals surface area contributed by atoms with Gasteiger partial charge in [0.1, 0.15) is 0 Å². The van der Waals surface area contributed by atoms with Gasteiger partial charge in [-0.3, -0.25) is 0 Å². The molecule has 2 N–H and O–H groups in total. The number of primary amides is 1. The second kappa shape index (κ2) is 2.58. The maximum absolute atomic E-state index is 10.3. The molecule has 0 aliphatic heterocycles. The summed E-state index contributed by atoms with van der Waals surface area (Å²) < 4.78 is 0. The second-order valence-corrected chi connectivity index (χ2v) is 1.44. The highest BCUT2D eigenvalue weighted by Crippen LogP contribution is 1.64. The van der Waals surface area contributed by atoms with E-state index in [1.807, 2.05) is 0 Å². The van der Waals surface area contributed by atoms with Crippen molar-refractivity contribution in [1.29, 1.82) is 0 Å². The van der Waals surface area contributed by atoms with E-state index in [4.69, 9.17) is 0 Å². The molecule has 0 unspecified atom stereocenters. The van der Waals surface area contributed by atoms with Crippen LogP contribution in [0.15, 0.2) is 0 Å². The van der Waals surface area contributed by atoms with Crippen LogP contribution in [0.25, 0.3) is 0 Å². The predicted molar refractivity (Wildman–Crippen MR) is 26.4 cm³/mol. The lowest BCUT2D eigenvalue weighted by atomic mass is 10.8. The van der Waals surface area contributed by atoms with Crippen molar-refractivity contribution in [2.45, 2.75) is 0 Å². The van der Waals surface area contributed by atoms with E-state index in [1.165, 1.54) is 10.2 Å². The maximum Gasteiger partial charge on any atom is 0.389 e. The SMILES string of the molecule is [CH2-][NH2+]C(=O)N(C)C. The average Bonchev–Trinajstić information content (AvgIpc) is 1.65. The van der Waals surface area contributed by atoms with Crippen molar-refractivity contribution in [1.82, 2.24) is 4.90 Å². The number of urea groups is 1. The van der Waals surface area contributed by atoms with E-state index in [0.29, 0.717) is 0 Å². The van der Waals surface area contributed by atoms with Gasteiger partial charge in [0.05, 0.1) is 0 Å². The highest BCUT2D eigenvalue weighted by atomic mass is 16.2. The number of carbonyl (C=O) groups excluding carboxylic acids is 1.